The van der Waals surface area contributed by atoms with E-state index in [2.05, 4.69) is 16.9 Å². The lowest BCUT2D eigenvalue weighted by Gasteiger charge is -2.43. The zero-order chi connectivity index (χ0) is 8.60. The van der Waals surface area contributed by atoms with Gasteiger partial charge in [-0.3, -0.25) is 4.99 Å². The fraction of sp³-hybridized carbons (Fsp3) is 0.889. The van der Waals surface area contributed by atoms with E-state index in [4.69, 9.17) is 5.73 Å². The minimum atomic E-state index is -0.0603. The molecule has 0 unspecified atom stereocenters. The van der Waals surface area contributed by atoms with Gasteiger partial charge in [-0.1, -0.05) is 0 Å². The van der Waals surface area contributed by atoms with Gasteiger partial charge in [-0.15, -0.1) is 0 Å². The van der Waals surface area contributed by atoms with Gasteiger partial charge in [-0.2, -0.15) is 0 Å². The van der Waals surface area contributed by atoms with Crippen molar-refractivity contribution >= 4 is 5.84 Å². The highest BCUT2D eigenvalue weighted by Gasteiger charge is 2.40. The van der Waals surface area contributed by atoms with Crippen molar-refractivity contribution in [3.05, 3.63) is 0 Å². The molecular formula is C9H17N3. The number of aliphatic imine (C=N–C) groups is 1. The van der Waals surface area contributed by atoms with Crippen molar-refractivity contribution in [2.24, 2.45) is 10.7 Å². The molecule has 0 bridgehead atoms. The maximum atomic E-state index is 6.20. The first kappa shape index (κ1) is 8.05. The molecule has 0 aromatic rings. The average molecular weight is 167 g/mol. The fourth-order valence-electron chi connectivity index (χ4n) is 2.04. The van der Waals surface area contributed by atoms with Crippen molar-refractivity contribution in [1.29, 1.82) is 0 Å². The standard InChI is InChI=1S/C9H17N3/c1-12-7-3-6-11-8(12)9(10)4-2-5-9/h2-7,10H2,1H3. The summed E-state index contributed by atoms with van der Waals surface area (Å²) in [5.74, 6) is 1.15. The van der Waals surface area contributed by atoms with E-state index < -0.39 is 0 Å². The third kappa shape index (κ3) is 1.12. The maximum Gasteiger partial charge on any atom is 0.119 e. The Bertz CT molecular complexity index is 206. The molecular weight excluding hydrogens is 150 g/mol. The van der Waals surface area contributed by atoms with Crippen LogP contribution in [0.3, 0.4) is 0 Å². The molecule has 0 saturated heterocycles. The number of likely N-dealkylation sites (N-methyl/N-ethyl adjacent to an activating group) is 1. The second-order valence-electron chi connectivity index (χ2n) is 3.99. The number of rotatable bonds is 1. The Labute approximate surface area is 73.6 Å². The van der Waals surface area contributed by atoms with Crippen LogP contribution in [0.15, 0.2) is 4.99 Å². The van der Waals surface area contributed by atoms with Crippen LogP contribution in [0.5, 0.6) is 0 Å². The van der Waals surface area contributed by atoms with Crippen LogP contribution in [0.1, 0.15) is 25.7 Å². The predicted molar refractivity (Wildman–Crippen MR) is 50.3 cm³/mol. The highest BCUT2D eigenvalue weighted by molar-refractivity contribution is 5.92. The molecule has 1 saturated carbocycles. The molecule has 2 N–H and O–H groups in total. The number of nitrogens with two attached hydrogens (primary N) is 1. The topological polar surface area (TPSA) is 41.6 Å². The molecule has 0 spiro atoms. The van der Waals surface area contributed by atoms with Gasteiger partial charge in [0.1, 0.15) is 5.84 Å². The van der Waals surface area contributed by atoms with Gasteiger partial charge in [0.15, 0.2) is 0 Å². The Morgan fingerprint density at radius 1 is 1.42 bits per heavy atom. The van der Waals surface area contributed by atoms with Gasteiger partial charge in [-0.25, -0.2) is 0 Å². The quantitative estimate of drug-likeness (QED) is 0.621. The Morgan fingerprint density at radius 2 is 2.17 bits per heavy atom. The van der Waals surface area contributed by atoms with Crippen molar-refractivity contribution in [2.75, 3.05) is 20.1 Å². The molecule has 0 atom stereocenters. The highest BCUT2D eigenvalue weighted by Crippen LogP contribution is 2.32. The zero-order valence-electron chi connectivity index (χ0n) is 7.71. The van der Waals surface area contributed by atoms with Crippen molar-refractivity contribution in [2.45, 2.75) is 31.2 Å². The lowest BCUT2D eigenvalue weighted by Crippen LogP contribution is -2.59. The molecule has 2 rings (SSSR count). The predicted octanol–water partition coefficient (Wildman–Crippen LogP) is 0.602. The second kappa shape index (κ2) is 2.73. The molecule has 1 aliphatic carbocycles. The molecule has 2 aliphatic rings. The van der Waals surface area contributed by atoms with Gasteiger partial charge >= 0.3 is 0 Å². The molecule has 3 nitrogen and oxygen atoms in total. The lowest BCUT2D eigenvalue weighted by molar-refractivity contribution is 0.297. The largest absolute Gasteiger partial charge is 0.362 e. The van der Waals surface area contributed by atoms with Gasteiger partial charge in [0.05, 0.1) is 5.54 Å². The Hall–Kier alpha value is -0.570. The number of hydrogen-bond donors (Lipinski definition) is 1. The molecule has 1 fully saturated rings. The van der Waals surface area contributed by atoms with Gasteiger partial charge in [0.25, 0.3) is 0 Å². The van der Waals surface area contributed by atoms with Crippen molar-refractivity contribution in [3.8, 4) is 0 Å². The zero-order valence-corrected chi connectivity index (χ0v) is 7.71. The molecule has 1 aliphatic heterocycles. The third-order valence-corrected chi connectivity index (χ3v) is 2.97. The molecule has 0 aromatic heterocycles. The number of amidine groups is 1. The summed E-state index contributed by atoms with van der Waals surface area (Å²) in [7, 11) is 2.10. The summed E-state index contributed by atoms with van der Waals surface area (Å²) in [6.07, 6.45) is 4.69. The molecule has 1 heterocycles. The number of nitrogens with zero attached hydrogens (tertiary/aromatic N) is 2. The Balaban J connectivity index is 2.14. The van der Waals surface area contributed by atoms with Crippen LogP contribution in [0.2, 0.25) is 0 Å². The van der Waals surface area contributed by atoms with Gasteiger partial charge in [-0.05, 0) is 25.7 Å². The first-order valence-electron chi connectivity index (χ1n) is 4.77. The van der Waals surface area contributed by atoms with E-state index in [-0.39, 0.29) is 5.54 Å². The van der Waals surface area contributed by atoms with E-state index in [1.165, 1.54) is 12.8 Å². The number of hydrogen-bond acceptors (Lipinski definition) is 3. The second-order valence-corrected chi connectivity index (χ2v) is 3.99. The summed E-state index contributed by atoms with van der Waals surface area (Å²) in [5.41, 5.74) is 6.14. The fourth-order valence-corrected chi connectivity index (χ4v) is 2.04. The first-order valence-corrected chi connectivity index (χ1v) is 4.77. The molecule has 3 heteroatoms. The van der Waals surface area contributed by atoms with Crippen LogP contribution < -0.4 is 5.73 Å². The van der Waals surface area contributed by atoms with Gasteiger partial charge in [0.2, 0.25) is 0 Å². The SMILES string of the molecule is CN1CCCN=C1C1(N)CCC1. The van der Waals surface area contributed by atoms with Gasteiger partial charge < -0.3 is 10.6 Å². The van der Waals surface area contributed by atoms with Crippen LogP contribution in [-0.4, -0.2) is 36.4 Å². The van der Waals surface area contributed by atoms with E-state index in [1.54, 1.807) is 0 Å². The molecule has 12 heavy (non-hydrogen) atoms. The lowest BCUT2D eigenvalue weighted by atomic mass is 9.76. The summed E-state index contributed by atoms with van der Waals surface area (Å²) in [4.78, 5) is 6.75. The Morgan fingerprint density at radius 3 is 2.67 bits per heavy atom. The normalized spacial score (nSPS) is 27.8. The van der Waals surface area contributed by atoms with Crippen molar-refractivity contribution in [3.63, 3.8) is 0 Å². The first-order chi connectivity index (χ1) is 5.72. The molecule has 0 aromatic carbocycles. The third-order valence-electron chi connectivity index (χ3n) is 2.97. The minimum Gasteiger partial charge on any atom is -0.362 e. The Kier molecular flexibility index (Phi) is 1.83. The molecule has 68 valence electrons. The van der Waals surface area contributed by atoms with Crippen LogP contribution in [-0.2, 0) is 0 Å². The smallest absolute Gasteiger partial charge is 0.119 e. The summed E-state index contributed by atoms with van der Waals surface area (Å²) < 4.78 is 0. The van der Waals surface area contributed by atoms with E-state index in [1.807, 2.05) is 0 Å². The van der Waals surface area contributed by atoms with Crippen LogP contribution in [0.4, 0.5) is 0 Å². The average Bonchev–Trinajstić information content (AvgIpc) is 2.01. The van der Waals surface area contributed by atoms with Crippen LogP contribution in [0.25, 0.3) is 0 Å². The maximum absolute atomic E-state index is 6.20. The molecule has 0 radical (unpaired) electrons. The summed E-state index contributed by atoms with van der Waals surface area (Å²) in [5, 5.41) is 0. The van der Waals surface area contributed by atoms with Crippen LogP contribution in [0, 0.1) is 0 Å². The summed E-state index contributed by atoms with van der Waals surface area (Å²) in [6, 6.07) is 0. The van der Waals surface area contributed by atoms with E-state index in [0.717, 1.165) is 31.8 Å². The summed E-state index contributed by atoms with van der Waals surface area (Å²) >= 11 is 0. The van der Waals surface area contributed by atoms with Crippen molar-refractivity contribution in [1.82, 2.24) is 4.90 Å². The van der Waals surface area contributed by atoms with E-state index in [9.17, 15) is 0 Å². The van der Waals surface area contributed by atoms with Crippen LogP contribution >= 0.6 is 0 Å². The van der Waals surface area contributed by atoms with E-state index >= 15 is 0 Å². The summed E-state index contributed by atoms with van der Waals surface area (Å²) in [6.45, 7) is 2.09. The van der Waals surface area contributed by atoms with Gasteiger partial charge in [0, 0.05) is 20.1 Å². The minimum absolute atomic E-state index is 0.0603. The van der Waals surface area contributed by atoms with E-state index in [0.29, 0.717) is 0 Å². The highest BCUT2D eigenvalue weighted by atomic mass is 15.2. The molecule has 0 amide bonds. The monoisotopic (exact) mass is 167 g/mol. The van der Waals surface area contributed by atoms with Crippen molar-refractivity contribution < 1.29 is 0 Å².